The number of rotatable bonds is 6. The van der Waals surface area contributed by atoms with Gasteiger partial charge in [0.05, 0.1) is 13.2 Å². The molecule has 2 unspecified atom stereocenters. The third-order valence-corrected chi connectivity index (χ3v) is 5.48. The Balaban J connectivity index is 1.54. The van der Waals surface area contributed by atoms with Gasteiger partial charge in [-0.1, -0.05) is 37.3 Å². The van der Waals surface area contributed by atoms with Gasteiger partial charge in [-0.3, -0.25) is 0 Å². The third-order valence-electron chi connectivity index (χ3n) is 5.48. The van der Waals surface area contributed by atoms with Crippen molar-refractivity contribution < 1.29 is 4.74 Å². The molecule has 1 saturated carbocycles. The van der Waals surface area contributed by atoms with Crippen LogP contribution in [0.1, 0.15) is 61.6 Å². The molecule has 1 aromatic rings. The van der Waals surface area contributed by atoms with Gasteiger partial charge in [0.1, 0.15) is 0 Å². The Kier molecular flexibility index (Phi) is 5.91. The molecule has 0 amide bonds. The lowest BCUT2D eigenvalue weighted by molar-refractivity contribution is 0.116. The Morgan fingerprint density at radius 3 is 2.87 bits per heavy atom. The average Bonchev–Trinajstić information content (AvgIpc) is 3.00. The van der Waals surface area contributed by atoms with Crippen molar-refractivity contribution in [3.63, 3.8) is 0 Å². The summed E-state index contributed by atoms with van der Waals surface area (Å²) in [6.07, 6.45) is 12.7. The van der Waals surface area contributed by atoms with E-state index in [0.717, 1.165) is 19.6 Å². The normalized spacial score (nSPS) is 27.5. The molecule has 126 valence electrons. The van der Waals surface area contributed by atoms with E-state index in [0.29, 0.717) is 17.9 Å². The van der Waals surface area contributed by atoms with Gasteiger partial charge >= 0.3 is 0 Å². The molecule has 2 nitrogen and oxygen atoms in total. The van der Waals surface area contributed by atoms with Gasteiger partial charge in [0.2, 0.25) is 0 Å². The highest BCUT2D eigenvalue weighted by Crippen LogP contribution is 2.36. The molecule has 2 N–H and O–H groups in total. The lowest BCUT2D eigenvalue weighted by Crippen LogP contribution is -2.19. The van der Waals surface area contributed by atoms with Crippen LogP contribution in [0.5, 0.6) is 0 Å². The molecule has 0 bridgehead atoms. The van der Waals surface area contributed by atoms with Crippen LogP contribution < -0.4 is 5.73 Å². The van der Waals surface area contributed by atoms with E-state index in [2.05, 4.69) is 37.3 Å². The Morgan fingerprint density at radius 2 is 2.09 bits per heavy atom. The van der Waals surface area contributed by atoms with Gasteiger partial charge in [-0.15, -0.1) is 0 Å². The Bertz CT molecular complexity index is 537. The topological polar surface area (TPSA) is 35.2 Å². The zero-order chi connectivity index (χ0) is 16.1. The first-order valence-electron chi connectivity index (χ1n) is 9.36. The van der Waals surface area contributed by atoms with Gasteiger partial charge in [-0.2, -0.15) is 0 Å². The zero-order valence-corrected chi connectivity index (χ0v) is 14.5. The highest BCUT2D eigenvalue weighted by Gasteiger charge is 2.25. The number of nitrogens with two attached hydrogens (primary N) is 1. The van der Waals surface area contributed by atoms with Gasteiger partial charge in [-0.05, 0) is 73.5 Å². The molecular weight excluding hydrogens is 282 g/mol. The fraction of sp³-hybridized carbons (Fsp3) is 0.619. The summed E-state index contributed by atoms with van der Waals surface area (Å²) in [6.45, 7) is 3.81. The molecule has 23 heavy (non-hydrogen) atoms. The van der Waals surface area contributed by atoms with Crippen molar-refractivity contribution in [3.05, 3.63) is 47.0 Å². The second kappa shape index (κ2) is 8.12. The molecule has 2 aliphatic rings. The zero-order valence-electron chi connectivity index (χ0n) is 14.5. The van der Waals surface area contributed by atoms with Crippen molar-refractivity contribution in [1.82, 2.24) is 0 Å². The van der Waals surface area contributed by atoms with E-state index < -0.39 is 0 Å². The number of hydrogen-bond donors (Lipinski definition) is 1. The van der Waals surface area contributed by atoms with Crippen molar-refractivity contribution in [2.45, 2.75) is 63.8 Å². The third kappa shape index (κ3) is 4.45. The predicted octanol–water partition coefficient (Wildman–Crippen LogP) is 4.37. The van der Waals surface area contributed by atoms with E-state index in [4.69, 9.17) is 10.5 Å². The minimum atomic E-state index is 0.416. The van der Waals surface area contributed by atoms with Gasteiger partial charge in [0.15, 0.2) is 0 Å². The summed E-state index contributed by atoms with van der Waals surface area (Å²) >= 11 is 0. The highest BCUT2D eigenvalue weighted by atomic mass is 16.5. The standard InChI is InChI=1S/C21H31NO/c1-2-3-4-11-23-15-16-5-6-18-13-19(8-7-17(18)12-16)20-9-10-21(22)14-20/h3-4,7-8,13,16,20-21H,2,5-6,9-12,14-15,22H2,1H3/b4-3-/t16?,20?,21-/m1/s1. The second-order valence-electron chi connectivity index (χ2n) is 7.32. The highest BCUT2D eigenvalue weighted by molar-refractivity contribution is 5.36. The SMILES string of the molecule is CC/C=C\COCC1CCc2cc(C3CC[C@@H](N)C3)ccc2C1. The van der Waals surface area contributed by atoms with Gasteiger partial charge in [-0.25, -0.2) is 0 Å². The molecule has 1 aromatic carbocycles. The molecule has 2 heteroatoms. The maximum absolute atomic E-state index is 6.08. The van der Waals surface area contributed by atoms with Crippen LogP contribution in [0, 0.1) is 5.92 Å². The summed E-state index contributed by atoms with van der Waals surface area (Å²) in [5, 5.41) is 0. The van der Waals surface area contributed by atoms with Crippen molar-refractivity contribution in [1.29, 1.82) is 0 Å². The van der Waals surface area contributed by atoms with Gasteiger partial charge in [0, 0.05) is 6.04 Å². The van der Waals surface area contributed by atoms with E-state index in [1.165, 1.54) is 44.1 Å². The van der Waals surface area contributed by atoms with Crippen molar-refractivity contribution in [2.24, 2.45) is 11.7 Å². The van der Waals surface area contributed by atoms with Crippen LogP contribution >= 0.6 is 0 Å². The minimum absolute atomic E-state index is 0.416. The number of fused-ring (bicyclic) bond motifs is 1. The molecule has 0 aliphatic heterocycles. The molecule has 0 aromatic heterocycles. The fourth-order valence-corrected chi connectivity index (χ4v) is 4.10. The Labute approximate surface area is 141 Å². The number of benzene rings is 1. The average molecular weight is 313 g/mol. The molecule has 0 spiro atoms. The smallest absolute Gasteiger partial charge is 0.0647 e. The van der Waals surface area contributed by atoms with E-state index >= 15 is 0 Å². The maximum Gasteiger partial charge on any atom is 0.0647 e. The lowest BCUT2D eigenvalue weighted by atomic mass is 9.82. The first-order valence-corrected chi connectivity index (χ1v) is 9.36. The van der Waals surface area contributed by atoms with E-state index in [1.807, 2.05) is 0 Å². The molecule has 3 rings (SSSR count). The van der Waals surface area contributed by atoms with Crippen LogP contribution in [0.25, 0.3) is 0 Å². The summed E-state index contributed by atoms with van der Waals surface area (Å²) in [7, 11) is 0. The van der Waals surface area contributed by atoms with Crippen LogP contribution in [0.3, 0.4) is 0 Å². The molecule has 0 heterocycles. The number of ether oxygens (including phenoxy) is 1. The molecule has 2 aliphatic carbocycles. The molecule has 3 atom stereocenters. The van der Waals surface area contributed by atoms with E-state index in [-0.39, 0.29) is 0 Å². The summed E-state index contributed by atoms with van der Waals surface area (Å²) in [5.74, 6) is 1.38. The summed E-state index contributed by atoms with van der Waals surface area (Å²) in [4.78, 5) is 0. The van der Waals surface area contributed by atoms with Crippen molar-refractivity contribution in [3.8, 4) is 0 Å². The van der Waals surface area contributed by atoms with Crippen LogP contribution in [0.15, 0.2) is 30.4 Å². The largest absolute Gasteiger partial charge is 0.377 e. The maximum atomic E-state index is 6.08. The van der Waals surface area contributed by atoms with Crippen molar-refractivity contribution in [2.75, 3.05) is 13.2 Å². The van der Waals surface area contributed by atoms with Crippen LogP contribution in [0.4, 0.5) is 0 Å². The first kappa shape index (κ1) is 16.7. The summed E-state index contributed by atoms with van der Waals surface area (Å²) in [6, 6.07) is 7.62. The second-order valence-corrected chi connectivity index (χ2v) is 7.32. The monoisotopic (exact) mass is 313 g/mol. The molecular formula is C21H31NO. The Morgan fingerprint density at radius 1 is 1.17 bits per heavy atom. The predicted molar refractivity (Wildman–Crippen MR) is 96.8 cm³/mol. The lowest BCUT2D eigenvalue weighted by Gasteiger charge is -2.25. The number of aryl methyl sites for hydroxylation is 1. The quantitative estimate of drug-likeness (QED) is 0.625. The van der Waals surface area contributed by atoms with Crippen molar-refractivity contribution >= 4 is 0 Å². The van der Waals surface area contributed by atoms with Crippen LogP contribution in [0.2, 0.25) is 0 Å². The summed E-state index contributed by atoms with van der Waals surface area (Å²) < 4.78 is 5.81. The van der Waals surface area contributed by atoms with Gasteiger partial charge < -0.3 is 10.5 Å². The minimum Gasteiger partial charge on any atom is -0.377 e. The van der Waals surface area contributed by atoms with Gasteiger partial charge in [0.25, 0.3) is 0 Å². The molecule has 0 saturated heterocycles. The Hall–Kier alpha value is -1.12. The fourth-order valence-electron chi connectivity index (χ4n) is 4.10. The van der Waals surface area contributed by atoms with Crippen LogP contribution in [-0.4, -0.2) is 19.3 Å². The number of hydrogen-bond acceptors (Lipinski definition) is 2. The van der Waals surface area contributed by atoms with Crippen LogP contribution in [-0.2, 0) is 17.6 Å². The van der Waals surface area contributed by atoms with E-state index in [1.54, 1.807) is 11.1 Å². The number of allylic oxidation sites excluding steroid dienone is 1. The molecule has 1 fully saturated rings. The molecule has 0 radical (unpaired) electrons. The first-order chi connectivity index (χ1) is 11.3. The summed E-state index contributed by atoms with van der Waals surface area (Å²) in [5.41, 5.74) is 10.7. The van der Waals surface area contributed by atoms with E-state index in [9.17, 15) is 0 Å².